The number of halogens is 1. The first-order chi connectivity index (χ1) is 7.13. The molecular formula is C11H13ClO3. The highest BCUT2D eigenvalue weighted by Gasteiger charge is 2.12. The molecule has 0 saturated carbocycles. The van der Waals surface area contributed by atoms with Gasteiger partial charge in [0.25, 0.3) is 0 Å². The summed E-state index contributed by atoms with van der Waals surface area (Å²) >= 11 is 5.58. The molecule has 1 aromatic rings. The molecule has 0 aliphatic rings. The number of hydrogen-bond donors (Lipinski definition) is 2. The van der Waals surface area contributed by atoms with E-state index < -0.39 is 11.3 Å². The van der Waals surface area contributed by atoms with Crippen LogP contribution in [-0.4, -0.2) is 21.6 Å². The minimum Gasteiger partial charge on any atom is -0.480 e. The van der Waals surface area contributed by atoms with E-state index in [1.54, 1.807) is 0 Å². The van der Waals surface area contributed by atoms with Gasteiger partial charge in [-0.25, -0.2) is 0 Å². The highest BCUT2D eigenvalue weighted by Crippen LogP contribution is 2.11. The number of aliphatic carboxylic acids is 1. The molecule has 0 aromatic heterocycles. The van der Waals surface area contributed by atoms with Gasteiger partial charge in [0.15, 0.2) is 0 Å². The summed E-state index contributed by atoms with van der Waals surface area (Å²) in [4.78, 5) is 10.5. The minimum absolute atomic E-state index is 0.0214. The van der Waals surface area contributed by atoms with Crippen LogP contribution in [0.4, 0.5) is 0 Å². The fourth-order valence-corrected chi connectivity index (χ4v) is 1.34. The first-order valence-electron chi connectivity index (χ1n) is 4.69. The molecule has 0 aliphatic carbocycles. The number of benzene rings is 1. The molecule has 3 nitrogen and oxygen atoms in total. The third kappa shape index (κ3) is 3.90. The zero-order valence-electron chi connectivity index (χ0n) is 8.19. The van der Waals surface area contributed by atoms with Gasteiger partial charge in [-0.1, -0.05) is 24.3 Å². The van der Waals surface area contributed by atoms with Gasteiger partial charge in [0.1, 0.15) is 5.38 Å². The van der Waals surface area contributed by atoms with Crippen LogP contribution in [0.25, 0.3) is 0 Å². The summed E-state index contributed by atoms with van der Waals surface area (Å²) in [5, 5.41) is 16.6. The van der Waals surface area contributed by atoms with Crippen LogP contribution < -0.4 is 0 Å². The molecule has 0 radical (unpaired) electrons. The van der Waals surface area contributed by atoms with E-state index >= 15 is 0 Å². The molecule has 0 saturated heterocycles. The van der Waals surface area contributed by atoms with Crippen molar-refractivity contribution in [3.05, 3.63) is 35.4 Å². The molecular weight excluding hydrogens is 216 g/mol. The van der Waals surface area contributed by atoms with Gasteiger partial charge in [-0.3, -0.25) is 4.79 Å². The van der Waals surface area contributed by atoms with E-state index in [0.29, 0.717) is 12.8 Å². The second-order valence-electron chi connectivity index (χ2n) is 3.32. The molecule has 82 valence electrons. The molecule has 0 bridgehead atoms. The zero-order valence-corrected chi connectivity index (χ0v) is 8.94. The maximum absolute atomic E-state index is 10.5. The van der Waals surface area contributed by atoms with E-state index in [-0.39, 0.29) is 6.61 Å². The van der Waals surface area contributed by atoms with Crippen LogP contribution in [0.2, 0.25) is 0 Å². The third-order valence-corrected chi connectivity index (χ3v) is 2.56. The molecule has 1 atom stereocenters. The summed E-state index contributed by atoms with van der Waals surface area (Å²) in [5.74, 6) is -0.983. The summed E-state index contributed by atoms with van der Waals surface area (Å²) < 4.78 is 0. The number of hydrogen-bond acceptors (Lipinski definition) is 2. The highest BCUT2D eigenvalue weighted by atomic mass is 35.5. The molecule has 1 unspecified atom stereocenters. The quantitative estimate of drug-likeness (QED) is 0.756. The average Bonchev–Trinajstić information content (AvgIpc) is 2.26. The van der Waals surface area contributed by atoms with Crippen LogP contribution >= 0.6 is 11.6 Å². The number of alkyl halides is 1. The molecule has 0 fully saturated rings. The van der Waals surface area contributed by atoms with Crippen LogP contribution in [-0.2, 0) is 17.8 Å². The van der Waals surface area contributed by atoms with Gasteiger partial charge in [0, 0.05) is 0 Å². The zero-order chi connectivity index (χ0) is 11.3. The normalized spacial score (nSPS) is 12.4. The SMILES string of the molecule is O=C(O)C(Cl)CCc1ccc(CO)cc1. The predicted octanol–water partition coefficient (Wildman–Crippen LogP) is 1.80. The lowest BCUT2D eigenvalue weighted by Crippen LogP contribution is -2.13. The summed E-state index contributed by atoms with van der Waals surface area (Å²) in [6.07, 6.45) is 1.04. The minimum atomic E-state index is -0.983. The van der Waals surface area contributed by atoms with E-state index in [9.17, 15) is 4.79 Å². The molecule has 0 aliphatic heterocycles. The van der Waals surface area contributed by atoms with Crippen molar-refractivity contribution in [1.29, 1.82) is 0 Å². The lowest BCUT2D eigenvalue weighted by molar-refractivity contribution is -0.136. The molecule has 2 N–H and O–H groups in total. The van der Waals surface area contributed by atoms with Crippen molar-refractivity contribution in [3.8, 4) is 0 Å². The number of aliphatic hydroxyl groups is 1. The van der Waals surface area contributed by atoms with Crippen LogP contribution in [0.5, 0.6) is 0 Å². The van der Waals surface area contributed by atoms with Gasteiger partial charge in [0.2, 0.25) is 0 Å². The summed E-state index contributed by atoms with van der Waals surface area (Å²) in [6, 6.07) is 7.38. The van der Waals surface area contributed by atoms with E-state index in [0.717, 1.165) is 11.1 Å². The van der Waals surface area contributed by atoms with Crippen molar-refractivity contribution in [2.45, 2.75) is 24.8 Å². The summed E-state index contributed by atoms with van der Waals surface area (Å²) in [6.45, 7) is 0.0214. The van der Waals surface area contributed by atoms with Crippen molar-refractivity contribution in [3.63, 3.8) is 0 Å². The van der Waals surface area contributed by atoms with E-state index in [1.807, 2.05) is 24.3 Å². The Morgan fingerprint density at radius 3 is 2.27 bits per heavy atom. The fourth-order valence-electron chi connectivity index (χ4n) is 1.23. The number of aliphatic hydroxyl groups excluding tert-OH is 1. The Bertz CT molecular complexity index is 321. The summed E-state index contributed by atoms with van der Waals surface area (Å²) in [5.41, 5.74) is 1.87. The van der Waals surface area contributed by atoms with Gasteiger partial charge in [-0.05, 0) is 24.0 Å². The maximum atomic E-state index is 10.5. The number of carboxylic acids is 1. The van der Waals surface area contributed by atoms with E-state index in [4.69, 9.17) is 21.8 Å². The monoisotopic (exact) mass is 228 g/mol. The molecule has 1 aromatic carbocycles. The van der Waals surface area contributed by atoms with Crippen LogP contribution in [0.15, 0.2) is 24.3 Å². The largest absolute Gasteiger partial charge is 0.480 e. The van der Waals surface area contributed by atoms with Crippen molar-refractivity contribution in [1.82, 2.24) is 0 Å². The molecule has 0 spiro atoms. The van der Waals surface area contributed by atoms with Crippen LogP contribution in [0.1, 0.15) is 17.5 Å². The van der Waals surface area contributed by atoms with Gasteiger partial charge in [-0.15, -0.1) is 11.6 Å². The van der Waals surface area contributed by atoms with Crippen molar-refractivity contribution in [2.24, 2.45) is 0 Å². The Morgan fingerprint density at radius 1 is 1.27 bits per heavy atom. The molecule has 15 heavy (non-hydrogen) atoms. The first-order valence-corrected chi connectivity index (χ1v) is 5.12. The van der Waals surface area contributed by atoms with Crippen LogP contribution in [0, 0.1) is 0 Å². The number of rotatable bonds is 5. The van der Waals surface area contributed by atoms with Crippen LogP contribution in [0.3, 0.4) is 0 Å². The lowest BCUT2D eigenvalue weighted by atomic mass is 10.1. The van der Waals surface area contributed by atoms with E-state index in [1.165, 1.54) is 0 Å². The Labute approximate surface area is 93.3 Å². The maximum Gasteiger partial charge on any atom is 0.321 e. The fraction of sp³-hybridized carbons (Fsp3) is 0.364. The van der Waals surface area contributed by atoms with Gasteiger partial charge >= 0.3 is 5.97 Å². The molecule has 1 rings (SSSR count). The second-order valence-corrected chi connectivity index (χ2v) is 3.85. The van der Waals surface area contributed by atoms with Crippen molar-refractivity contribution >= 4 is 17.6 Å². The number of aryl methyl sites for hydroxylation is 1. The van der Waals surface area contributed by atoms with Crippen molar-refractivity contribution < 1.29 is 15.0 Å². The molecule has 0 heterocycles. The second kappa shape index (κ2) is 5.73. The Kier molecular flexibility index (Phi) is 4.59. The Morgan fingerprint density at radius 2 is 1.80 bits per heavy atom. The average molecular weight is 229 g/mol. The predicted molar refractivity (Wildman–Crippen MR) is 58.0 cm³/mol. The van der Waals surface area contributed by atoms with E-state index in [2.05, 4.69) is 0 Å². The van der Waals surface area contributed by atoms with Gasteiger partial charge in [0.05, 0.1) is 6.61 Å². The molecule has 0 amide bonds. The third-order valence-electron chi connectivity index (χ3n) is 2.16. The topological polar surface area (TPSA) is 57.5 Å². The molecule has 4 heteroatoms. The number of carbonyl (C=O) groups is 1. The first kappa shape index (κ1) is 12.0. The smallest absolute Gasteiger partial charge is 0.321 e. The van der Waals surface area contributed by atoms with Gasteiger partial charge in [-0.2, -0.15) is 0 Å². The highest BCUT2D eigenvalue weighted by molar-refractivity contribution is 6.29. The Hall–Kier alpha value is -1.06. The van der Waals surface area contributed by atoms with Gasteiger partial charge < -0.3 is 10.2 Å². The Balaban J connectivity index is 2.47. The van der Waals surface area contributed by atoms with Crippen molar-refractivity contribution in [2.75, 3.05) is 0 Å². The lowest BCUT2D eigenvalue weighted by Gasteiger charge is -2.04. The standard InChI is InChI=1S/C11H13ClO3/c12-10(11(14)15)6-5-8-1-3-9(7-13)4-2-8/h1-4,10,13H,5-7H2,(H,14,15). The summed E-state index contributed by atoms with van der Waals surface area (Å²) in [7, 11) is 0. The number of carboxylic acid groups (broad SMARTS) is 1.